The number of hydrogen-bond acceptors (Lipinski definition) is 7. The summed E-state index contributed by atoms with van der Waals surface area (Å²) in [6.45, 7) is 4.76. The van der Waals surface area contributed by atoms with E-state index in [1.54, 1.807) is 18.0 Å². The molecule has 27 heavy (non-hydrogen) atoms. The zero-order chi connectivity index (χ0) is 19.2. The fraction of sp³-hybridized carbons (Fsp3) is 0.444. The van der Waals surface area contributed by atoms with Gasteiger partial charge < -0.3 is 24.9 Å². The molecule has 1 aliphatic heterocycles. The predicted molar refractivity (Wildman–Crippen MR) is 101 cm³/mol. The summed E-state index contributed by atoms with van der Waals surface area (Å²) in [6.07, 6.45) is 3.73. The lowest BCUT2D eigenvalue weighted by Gasteiger charge is -2.32. The van der Waals surface area contributed by atoms with E-state index < -0.39 is 0 Å². The molecule has 0 saturated carbocycles. The average molecular weight is 372 g/mol. The van der Waals surface area contributed by atoms with E-state index in [2.05, 4.69) is 20.6 Å². The molecular formula is C18H24N6O3. The van der Waals surface area contributed by atoms with Gasteiger partial charge in [0, 0.05) is 44.9 Å². The van der Waals surface area contributed by atoms with Crippen molar-refractivity contribution in [2.24, 2.45) is 0 Å². The summed E-state index contributed by atoms with van der Waals surface area (Å²) < 4.78 is 5.16. The van der Waals surface area contributed by atoms with Gasteiger partial charge in [0.1, 0.15) is 18.0 Å². The van der Waals surface area contributed by atoms with E-state index in [0.717, 1.165) is 24.3 Å². The van der Waals surface area contributed by atoms with Crippen molar-refractivity contribution in [1.29, 1.82) is 0 Å². The first-order valence-electron chi connectivity index (χ1n) is 8.91. The highest BCUT2D eigenvalue weighted by atomic mass is 16.3. The molecule has 3 heterocycles. The van der Waals surface area contributed by atoms with Gasteiger partial charge in [-0.2, -0.15) is 0 Å². The highest BCUT2D eigenvalue weighted by molar-refractivity contribution is 5.92. The van der Waals surface area contributed by atoms with Gasteiger partial charge in [-0.3, -0.25) is 9.59 Å². The number of carbonyl (C=O) groups is 2. The van der Waals surface area contributed by atoms with Crippen molar-refractivity contribution in [3.63, 3.8) is 0 Å². The monoisotopic (exact) mass is 372 g/mol. The highest BCUT2D eigenvalue weighted by Crippen LogP contribution is 2.16. The topological polar surface area (TPSA) is 104 Å². The van der Waals surface area contributed by atoms with Crippen LogP contribution in [0.5, 0.6) is 0 Å². The lowest BCUT2D eigenvalue weighted by atomic mass is 10.2. The van der Waals surface area contributed by atoms with Gasteiger partial charge in [-0.1, -0.05) is 0 Å². The number of nitrogens with zero attached hydrogens (tertiary/aromatic N) is 4. The van der Waals surface area contributed by atoms with Gasteiger partial charge in [-0.25, -0.2) is 9.97 Å². The summed E-state index contributed by atoms with van der Waals surface area (Å²) in [5.41, 5.74) is 0.821. The lowest BCUT2D eigenvalue weighted by molar-refractivity contribution is -0.129. The molecular weight excluding hydrogens is 348 g/mol. The van der Waals surface area contributed by atoms with Gasteiger partial charge in [-0.05, 0) is 19.4 Å². The number of aromatic nitrogens is 2. The van der Waals surface area contributed by atoms with Crippen LogP contribution in [0.15, 0.2) is 29.1 Å². The Labute approximate surface area is 157 Å². The minimum atomic E-state index is -0.207. The number of anilines is 2. The summed E-state index contributed by atoms with van der Waals surface area (Å²) in [7, 11) is 1.80. The maximum Gasteiger partial charge on any atom is 0.287 e. The molecule has 1 aliphatic rings. The van der Waals surface area contributed by atoms with E-state index in [1.165, 1.54) is 12.6 Å². The average Bonchev–Trinajstić information content (AvgIpc) is 3.10. The summed E-state index contributed by atoms with van der Waals surface area (Å²) in [4.78, 5) is 35.9. The zero-order valence-electron chi connectivity index (χ0n) is 15.6. The van der Waals surface area contributed by atoms with E-state index in [0.29, 0.717) is 37.8 Å². The van der Waals surface area contributed by atoms with Crippen molar-refractivity contribution in [1.82, 2.24) is 20.2 Å². The summed E-state index contributed by atoms with van der Waals surface area (Å²) >= 11 is 0. The van der Waals surface area contributed by atoms with Crippen LogP contribution in [0.25, 0.3) is 0 Å². The normalized spacial score (nSPS) is 14.4. The Hall–Kier alpha value is -3.10. The van der Waals surface area contributed by atoms with Crippen molar-refractivity contribution in [2.45, 2.75) is 13.3 Å². The van der Waals surface area contributed by atoms with Crippen LogP contribution in [0.1, 0.15) is 22.5 Å². The molecule has 9 nitrogen and oxygen atoms in total. The molecule has 1 fully saturated rings. The van der Waals surface area contributed by atoms with E-state index in [-0.39, 0.29) is 11.8 Å². The quantitative estimate of drug-likeness (QED) is 0.696. The zero-order valence-corrected chi connectivity index (χ0v) is 15.6. The fourth-order valence-electron chi connectivity index (χ4n) is 2.76. The largest absolute Gasteiger partial charge is 0.459 e. The fourth-order valence-corrected chi connectivity index (χ4v) is 2.76. The van der Waals surface area contributed by atoms with Crippen LogP contribution in [-0.2, 0) is 4.79 Å². The Balaban J connectivity index is 1.43. The van der Waals surface area contributed by atoms with Crippen LogP contribution in [0.3, 0.4) is 0 Å². The van der Waals surface area contributed by atoms with Gasteiger partial charge in [0.15, 0.2) is 5.76 Å². The van der Waals surface area contributed by atoms with Crippen molar-refractivity contribution < 1.29 is 14.0 Å². The van der Waals surface area contributed by atoms with Crippen LogP contribution >= 0.6 is 0 Å². The van der Waals surface area contributed by atoms with E-state index in [4.69, 9.17) is 4.42 Å². The van der Waals surface area contributed by atoms with E-state index in [9.17, 15) is 9.59 Å². The maximum atomic E-state index is 11.9. The Bertz CT molecular complexity index is 806. The molecule has 2 aromatic heterocycles. The Kier molecular flexibility index (Phi) is 5.90. The highest BCUT2D eigenvalue weighted by Gasteiger charge is 2.22. The third kappa shape index (κ3) is 4.75. The van der Waals surface area contributed by atoms with Crippen LogP contribution in [0.4, 0.5) is 11.6 Å². The summed E-state index contributed by atoms with van der Waals surface area (Å²) in [6, 6.07) is 3.60. The third-order valence-corrected chi connectivity index (χ3v) is 4.45. The predicted octanol–water partition coefficient (Wildman–Crippen LogP) is 0.888. The van der Waals surface area contributed by atoms with Crippen molar-refractivity contribution in [3.05, 3.63) is 36.0 Å². The SMILES string of the molecule is Cc1ccoc1C(=O)NCCCNc1cc(N2CCN(C)C(=O)C2)ncn1. The number of nitrogens with one attached hydrogen (secondary N) is 2. The number of piperazine rings is 1. The van der Waals surface area contributed by atoms with Gasteiger partial charge in [0.05, 0.1) is 12.8 Å². The molecule has 144 valence electrons. The number of aryl methyl sites for hydroxylation is 1. The van der Waals surface area contributed by atoms with E-state index in [1.807, 2.05) is 17.9 Å². The van der Waals surface area contributed by atoms with E-state index >= 15 is 0 Å². The molecule has 9 heteroatoms. The Morgan fingerprint density at radius 2 is 2.15 bits per heavy atom. The molecule has 0 unspecified atom stereocenters. The Morgan fingerprint density at radius 3 is 2.89 bits per heavy atom. The van der Waals surface area contributed by atoms with Gasteiger partial charge in [0.25, 0.3) is 5.91 Å². The Morgan fingerprint density at radius 1 is 1.30 bits per heavy atom. The molecule has 0 spiro atoms. The van der Waals surface area contributed by atoms with Crippen LogP contribution in [-0.4, -0.2) is 66.5 Å². The second-order valence-electron chi connectivity index (χ2n) is 6.47. The van der Waals surface area contributed by atoms with Crippen LogP contribution < -0.4 is 15.5 Å². The first kappa shape index (κ1) is 18.7. The number of likely N-dealkylation sites (N-methyl/N-ethyl adjacent to an activating group) is 1. The van der Waals surface area contributed by atoms with Crippen molar-refractivity contribution in [2.75, 3.05) is 50.0 Å². The molecule has 0 atom stereocenters. The number of furan rings is 1. The lowest BCUT2D eigenvalue weighted by Crippen LogP contribution is -2.48. The summed E-state index contributed by atoms with van der Waals surface area (Å²) in [5, 5.41) is 6.04. The van der Waals surface area contributed by atoms with Gasteiger partial charge in [0.2, 0.25) is 5.91 Å². The molecule has 2 aromatic rings. The van der Waals surface area contributed by atoms with Crippen LogP contribution in [0.2, 0.25) is 0 Å². The van der Waals surface area contributed by atoms with Crippen molar-refractivity contribution in [3.8, 4) is 0 Å². The third-order valence-electron chi connectivity index (χ3n) is 4.45. The molecule has 0 aromatic carbocycles. The minimum Gasteiger partial charge on any atom is -0.459 e. The summed E-state index contributed by atoms with van der Waals surface area (Å²) in [5.74, 6) is 1.65. The molecule has 2 N–H and O–H groups in total. The number of carbonyl (C=O) groups excluding carboxylic acids is 2. The molecule has 0 bridgehead atoms. The second-order valence-corrected chi connectivity index (χ2v) is 6.47. The van der Waals surface area contributed by atoms with Gasteiger partial charge >= 0.3 is 0 Å². The smallest absolute Gasteiger partial charge is 0.287 e. The first-order chi connectivity index (χ1) is 13.0. The number of rotatable bonds is 7. The first-order valence-corrected chi connectivity index (χ1v) is 8.91. The molecule has 0 radical (unpaired) electrons. The molecule has 0 aliphatic carbocycles. The number of amides is 2. The molecule has 2 amide bonds. The van der Waals surface area contributed by atoms with Gasteiger partial charge in [-0.15, -0.1) is 0 Å². The van der Waals surface area contributed by atoms with Crippen LogP contribution in [0, 0.1) is 6.92 Å². The molecule has 3 rings (SSSR count). The second kappa shape index (κ2) is 8.52. The standard InChI is InChI=1S/C18H24N6O3/c1-13-4-9-27-17(13)18(26)20-6-3-5-19-14-10-15(22-12-21-14)24-8-7-23(2)16(25)11-24/h4,9-10,12H,3,5-8,11H2,1-2H3,(H,20,26)(H,19,21,22). The number of hydrogen-bond donors (Lipinski definition) is 2. The molecule has 1 saturated heterocycles. The minimum absolute atomic E-state index is 0.0805. The van der Waals surface area contributed by atoms with Crippen molar-refractivity contribution >= 4 is 23.5 Å². The maximum absolute atomic E-state index is 11.9.